The number of thiazole rings is 1. The van der Waals surface area contributed by atoms with Crippen LogP contribution in [-0.2, 0) is 21.4 Å². The van der Waals surface area contributed by atoms with Crippen LogP contribution in [0.15, 0.2) is 46.3 Å². The minimum atomic E-state index is -3.75. The van der Waals surface area contributed by atoms with Crippen LogP contribution in [0, 0.1) is 18.3 Å². The molecule has 178 valence electrons. The zero-order chi connectivity index (χ0) is 24.5. The summed E-state index contributed by atoms with van der Waals surface area (Å²) < 4.78 is 35.1. The van der Waals surface area contributed by atoms with E-state index in [0.717, 1.165) is 0 Å². The zero-order valence-electron chi connectivity index (χ0n) is 18.2. The second-order valence-corrected chi connectivity index (χ2v) is 11.4. The predicted octanol–water partition coefficient (Wildman–Crippen LogP) is 4.18. The first-order valence-electron chi connectivity index (χ1n) is 10.4. The quantitative estimate of drug-likeness (QED) is 0.457. The van der Waals surface area contributed by atoms with Crippen molar-refractivity contribution < 1.29 is 17.9 Å². The number of fused-ring (bicyclic) bond motifs is 1. The van der Waals surface area contributed by atoms with Crippen LogP contribution in [0.5, 0.6) is 5.75 Å². The van der Waals surface area contributed by atoms with Gasteiger partial charge in [-0.2, -0.15) is 9.30 Å². The maximum absolute atomic E-state index is 13.1. The molecule has 1 unspecified atom stereocenters. The Balaban J connectivity index is 1.64. The van der Waals surface area contributed by atoms with Crippen molar-refractivity contribution in [3.05, 3.63) is 51.2 Å². The molecule has 0 N–H and O–H groups in total. The molecule has 34 heavy (non-hydrogen) atoms. The predicted molar refractivity (Wildman–Crippen MR) is 134 cm³/mol. The molecule has 11 heteroatoms. The van der Waals surface area contributed by atoms with Crippen molar-refractivity contribution in [2.75, 3.05) is 20.2 Å². The molecular formula is C23H21Cl2N3O4S2. The highest BCUT2D eigenvalue weighted by molar-refractivity contribution is 7.89. The molecule has 1 fully saturated rings. The van der Waals surface area contributed by atoms with Crippen LogP contribution in [0.25, 0.3) is 10.2 Å². The summed E-state index contributed by atoms with van der Waals surface area (Å²) in [6, 6.07) is 9.53. The van der Waals surface area contributed by atoms with Gasteiger partial charge in [0.1, 0.15) is 5.75 Å². The van der Waals surface area contributed by atoms with E-state index in [1.165, 1.54) is 34.9 Å². The van der Waals surface area contributed by atoms with Crippen LogP contribution in [0.2, 0.25) is 10.0 Å². The van der Waals surface area contributed by atoms with Gasteiger partial charge in [-0.15, -0.1) is 6.42 Å². The molecule has 4 rings (SSSR count). The summed E-state index contributed by atoms with van der Waals surface area (Å²) in [5, 5.41) is 0.938. The fraction of sp³-hybridized carbons (Fsp3) is 0.304. The molecule has 1 aliphatic heterocycles. The van der Waals surface area contributed by atoms with Gasteiger partial charge in [0.15, 0.2) is 4.80 Å². The molecule has 1 aromatic heterocycles. The normalized spacial score (nSPS) is 17.6. The fourth-order valence-corrected chi connectivity index (χ4v) is 7.05. The van der Waals surface area contributed by atoms with Crippen LogP contribution in [0.1, 0.15) is 12.8 Å². The van der Waals surface area contributed by atoms with Gasteiger partial charge in [-0.1, -0.05) is 40.5 Å². The first kappa shape index (κ1) is 24.8. The standard InChI is InChI=1S/C23H21Cl2N3O4S2/c1-3-12-28-20-18(24)10-11-19(25)21(20)33-23(28)26-22(29)15-5-4-13-27(14-15)34(30,31)17-8-6-16(32-2)7-9-17/h1,6-11,15H,4-5,12-14H2,2H3. The lowest BCUT2D eigenvalue weighted by atomic mass is 9.99. The zero-order valence-corrected chi connectivity index (χ0v) is 21.3. The van der Waals surface area contributed by atoms with Crippen LogP contribution < -0.4 is 9.54 Å². The highest BCUT2D eigenvalue weighted by Gasteiger charge is 2.33. The van der Waals surface area contributed by atoms with Crippen LogP contribution in [-0.4, -0.2) is 43.4 Å². The number of methoxy groups -OCH3 is 1. The van der Waals surface area contributed by atoms with Gasteiger partial charge in [-0.3, -0.25) is 4.79 Å². The first-order valence-corrected chi connectivity index (χ1v) is 13.4. The Hall–Kier alpha value is -2.35. The monoisotopic (exact) mass is 537 g/mol. The average molecular weight is 538 g/mol. The number of aromatic nitrogens is 1. The lowest BCUT2D eigenvalue weighted by Crippen LogP contribution is -2.42. The van der Waals surface area contributed by atoms with Crippen LogP contribution in [0.3, 0.4) is 0 Å². The summed E-state index contributed by atoms with van der Waals surface area (Å²) in [5.41, 5.74) is 0.621. The summed E-state index contributed by atoms with van der Waals surface area (Å²) in [4.78, 5) is 18.0. The van der Waals surface area contributed by atoms with E-state index in [9.17, 15) is 13.2 Å². The lowest BCUT2D eigenvalue weighted by Gasteiger charge is -2.30. The smallest absolute Gasteiger partial charge is 0.252 e. The van der Waals surface area contributed by atoms with Gasteiger partial charge in [0.05, 0.1) is 44.7 Å². The molecule has 7 nitrogen and oxygen atoms in total. The largest absolute Gasteiger partial charge is 0.497 e. The Morgan fingerprint density at radius 2 is 1.94 bits per heavy atom. The Morgan fingerprint density at radius 3 is 2.62 bits per heavy atom. The maximum Gasteiger partial charge on any atom is 0.252 e. The molecule has 0 bridgehead atoms. The molecule has 0 spiro atoms. The second-order valence-electron chi connectivity index (χ2n) is 7.71. The van der Waals surface area contributed by atoms with Crippen molar-refractivity contribution >= 4 is 60.7 Å². The maximum atomic E-state index is 13.1. The molecule has 0 saturated carbocycles. The van der Waals surface area contributed by atoms with E-state index < -0.39 is 21.8 Å². The summed E-state index contributed by atoms with van der Waals surface area (Å²) >= 11 is 13.9. The number of sulfonamides is 1. The molecule has 1 aliphatic rings. The van der Waals surface area contributed by atoms with E-state index in [-0.39, 0.29) is 18.0 Å². The van der Waals surface area contributed by atoms with E-state index in [0.29, 0.717) is 50.2 Å². The van der Waals surface area contributed by atoms with E-state index >= 15 is 0 Å². The third kappa shape index (κ3) is 4.74. The van der Waals surface area contributed by atoms with Crippen molar-refractivity contribution in [1.29, 1.82) is 0 Å². The molecule has 2 heterocycles. The third-order valence-electron chi connectivity index (χ3n) is 5.61. The molecule has 0 aliphatic carbocycles. The summed E-state index contributed by atoms with van der Waals surface area (Å²) in [5.74, 6) is 2.14. The number of rotatable bonds is 5. The number of hydrogen-bond acceptors (Lipinski definition) is 5. The SMILES string of the molecule is C#CCn1c(=NC(=O)C2CCCN(S(=O)(=O)c3ccc(OC)cc3)C2)sc2c(Cl)ccc(Cl)c21. The lowest BCUT2D eigenvalue weighted by molar-refractivity contribution is -0.122. The van der Waals surface area contributed by atoms with E-state index in [2.05, 4.69) is 10.9 Å². The minimum Gasteiger partial charge on any atom is -0.497 e. The Labute approximate surface area is 211 Å². The third-order valence-corrected chi connectivity index (χ3v) is 9.34. The van der Waals surface area contributed by atoms with Gasteiger partial charge in [-0.25, -0.2) is 8.42 Å². The summed E-state index contributed by atoms with van der Waals surface area (Å²) in [7, 11) is -2.24. The fourth-order valence-electron chi connectivity index (χ4n) is 3.88. The number of ether oxygens (including phenoxy) is 1. The van der Waals surface area contributed by atoms with Crippen LogP contribution >= 0.6 is 34.5 Å². The number of terminal acetylenes is 1. The number of benzene rings is 2. The highest BCUT2D eigenvalue weighted by Crippen LogP contribution is 2.32. The van der Waals surface area contributed by atoms with Crippen molar-refractivity contribution in [3.8, 4) is 18.1 Å². The van der Waals surface area contributed by atoms with Gasteiger partial charge >= 0.3 is 0 Å². The topological polar surface area (TPSA) is 81.0 Å². The number of nitrogens with zero attached hydrogens (tertiary/aromatic N) is 3. The molecule has 3 aromatic rings. The average Bonchev–Trinajstić information content (AvgIpc) is 3.21. The summed E-state index contributed by atoms with van der Waals surface area (Å²) in [6.45, 7) is 0.552. The molecule has 1 amide bonds. The van der Waals surface area contributed by atoms with Gasteiger partial charge in [0.2, 0.25) is 10.0 Å². The highest BCUT2D eigenvalue weighted by atomic mass is 35.5. The Morgan fingerprint density at radius 1 is 1.24 bits per heavy atom. The minimum absolute atomic E-state index is 0.0538. The number of carbonyl (C=O) groups excluding carboxylic acids is 1. The summed E-state index contributed by atoms with van der Waals surface area (Å²) in [6.07, 6.45) is 6.62. The first-order chi connectivity index (χ1) is 16.3. The van der Waals surface area contributed by atoms with Crippen molar-refractivity contribution in [2.24, 2.45) is 10.9 Å². The van der Waals surface area contributed by atoms with Gasteiger partial charge in [0.25, 0.3) is 5.91 Å². The van der Waals surface area contributed by atoms with E-state index in [1.54, 1.807) is 28.8 Å². The van der Waals surface area contributed by atoms with E-state index in [4.69, 9.17) is 34.4 Å². The number of halogens is 2. The van der Waals surface area contributed by atoms with E-state index in [1.807, 2.05) is 0 Å². The van der Waals surface area contributed by atoms with Crippen LogP contribution in [0.4, 0.5) is 0 Å². The van der Waals surface area contributed by atoms with Crippen molar-refractivity contribution in [1.82, 2.24) is 8.87 Å². The molecule has 2 aromatic carbocycles. The number of amides is 1. The number of piperidine rings is 1. The molecule has 1 atom stereocenters. The number of carbonyl (C=O) groups is 1. The van der Waals surface area contributed by atoms with Gasteiger partial charge in [0, 0.05) is 13.1 Å². The van der Waals surface area contributed by atoms with Crippen molar-refractivity contribution in [2.45, 2.75) is 24.3 Å². The van der Waals surface area contributed by atoms with Gasteiger partial charge in [-0.05, 0) is 49.2 Å². The van der Waals surface area contributed by atoms with Gasteiger partial charge < -0.3 is 9.30 Å². The Kier molecular flexibility index (Phi) is 7.36. The number of hydrogen-bond donors (Lipinski definition) is 0. The molecule has 0 radical (unpaired) electrons. The molecule has 1 saturated heterocycles. The Bertz CT molecular complexity index is 1450. The second kappa shape index (κ2) is 10.1. The van der Waals surface area contributed by atoms with Crippen molar-refractivity contribution in [3.63, 3.8) is 0 Å². The molecular weight excluding hydrogens is 517 g/mol.